The molecule has 0 spiro atoms. The Labute approximate surface area is 284 Å². The first-order valence-corrected chi connectivity index (χ1v) is 18.0. The lowest BCUT2D eigenvalue weighted by Gasteiger charge is -2.35. The molecule has 1 fully saturated rings. The van der Waals surface area contributed by atoms with Gasteiger partial charge in [-0.1, -0.05) is 120 Å². The van der Waals surface area contributed by atoms with Gasteiger partial charge in [0.1, 0.15) is 12.6 Å². The fourth-order valence-corrected chi connectivity index (χ4v) is 7.80. The molecule has 4 aromatic carbocycles. The van der Waals surface area contributed by atoms with Gasteiger partial charge < -0.3 is 10.2 Å². The molecule has 5 rings (SSSR count). The Hall–Kier alpha value is -3.66. The first kappa shape index (κ1) is 33.7. The van der Waals surface area contributed by atoms with Crippen molar-refractivity contribution in [2.45, 2.75) is 62.0 Å². The highest BCUT2D eigenvalue weighted by Crippen LogP contribution is 2.28. The standard InChI is InChI=1S/C36H37BrClN3O4S/c37-29-16-12-19-31(24-29)41(46(44,45)32-20-8-3-9-21-32)26-35(42)40(25-28-15-10-11-22-33(28)38)34(23-27-13-4-1-5-14-27)36(43)39-30-17-6-2-7-18-30/h1,3-5,8-16,19-22,24,30,34H,2,6-7,17-18,23,25-26H2,(H,39,43). The van der Waals surface area contributed by atoms with Crippen LogP contribution in [0.25, 0.3) is 0 Å². The van der Waals surface area contributed by atoms with Crippen LogP contribution in [0.4, 0.5) is 5.69 Å². The number of anilines is 1. The molecule has 0 aromatic heterocycles. The zero-order valence-electron chi connectivity index (χ0n) is 25.4. The zero-order chi connectivity index (χ0) is 32.5. The van der Waals surface area contributed by atoms with Crippen LogP contribution in [0.2, 0.25) is 5.02 Å². The van der Waals surface area contributed by atoms with Gasteiger partial charge in [-0.15, -0.1) is 0 Å². The van der Waals surface area contributed by atoms with E-state index in [0.717, 1.165) is 42.0 Å². The van der Waals surface area contributed by atoms with E-state index < -0.39 is 28.5 Å². The van der Waals surface area contributed by atoms with Crippen LogP contribution in [0.15, 0.2) is 119 Å². The number of rotatable bonds is 12. The van der Waals surface area contributed by atoms with Crippen molar-refractivity contribution < 1.29 is 18.0 Å². The maximum atomic E-state index is 14.6. The van der Waals surface area contributed by atoms with Crippen molar-refractivity contribution in [1.82, 2.24) is 10.2 Å². The van der Waals surface area contributed by atoms with Gasteiger partial charge in [-0.3, -0.25) is 13.9 Å². The molecule has 1 saturated carbocycles. The van der Waals surface area contributed by atoms with Crippen LogP contribution in [-0.4, -0.2) is 43.8 Å². The fourth-order valence-electron chi connectivity index (χ4n) is 5.79. The summed E-state index contributed by atoms with van der Waals surface area (Å²) >= 11 is 10.0. The van der Waals surface area contributed by atoms with Crippen LogP contribution in [-0.2, 0) is 32.6 Å². The Kier molecular flexibility index (Phi) is 11.5. The molecule has 240 valence electrons. The van der Waals surface area contributed by atoms with Crippen molar-refractivity contribution in [3.8, 4) is 0 Å². The molecule has 4 aromatic rings. The lowest BCUT2D eigenvalue weighted by molar-refractivity contribution is -0.140. The van der Waals surface area contributed by atoms with Crippen LogP contribution in [0.1, 0.15) is 43.2 Å². The van der Waals surface area contributed by atoms with Crippen LogP contribution < -0.4 is 9.62 Å². The number of amides is 2. The molecule has 0 aliphatic heterocycles. The van der Waals surface area contributed by atoms with Crippen LogP contribution >= 0.6 is 27.5 Å². The Morgan fingerprint density at radius 1 is 0.848 bits per heavy atom. The van der Waals surface area contributed by atoms with Gasteiger partial charge in [0.15, 0.2) is 0 Å². The monoisotopic (exact) mass is 721 g/mol. The van der Waals surface area contributed by atoms with E-state index in [1.807, 2.05) is 42.5 Å². The average molecular weight is 723 g/mol. The molecule has 0 bridgehead atoms. The summed E-state index contributed by atoms with van der Waals surface area (Å²) in [6, 6.07) is 30.6. The normalized spacial score (nSPS) is 14.3. The molecular formula is C36H37BrClN3O4S. The van der Waals surface area contributed by atoms with Crippen LogP contribution in [0.5, 0.6) is 0 Å². The highest BCUT2D eigenvalue weighted by Gasteiger charge is 2.35. The van der Waals surface area contributed by atoms with Gasteiger partial charge in [0.05, 0.1) is 10.6 Å². The number of sulfonamides is 1. The van der Waals surface area contributed by atoms with Gasteiger partial charge in [0.2, 0.25) is 11.8 Å². The Morgan fingerprint density at radius 2 is 1.50 bits per heavy atom. The average Bonchev–Trinajstić information content (AvgIpc) is 3.07. The van der Waals surface area contributed by atoms with Crippen molar-refractivity contribution in [2.75, 3.05) is 10.8 Å². The van der Waals surface area contributed by atoms with Gasteiger partial charge in [-0.05, 0) is 60.4 Å². The fraction of sp³-hybridized carbons (Fsp3) is 0.278. The highest BCUT2D eigenvalue weighted by molar-refractivity contribution is 9.10. The minimum atomic E-state index is -4.17. The predicted octanol–water partition coefficient (Wildman–Crippen LogP) is 7.39. The van der Waals surface area contributed by atoms with E-state index in [1.165, 1.54) is 17.0 Å². The third-order valence-corrected chi connectivity index (χ3v) is 10.9. The molecule has 0 radical (unpaired) electrons. The summed E-state index contributed by atoms with van der Waals surface area (Å²) in [4.78, 5) is 30.3. The number of halogens is 2. The Bertz CT molecular complexity index is 1730. The number of carbonyl (C=O) groups excluding carboxylic acids is 2. The van der Waals surface area contributed by atoms with Crippen molar-refractivity contribution in [2.24, 2.45) is 0 Å². The third kappa shape index (κ3) is 8.57. The smallest absolute Gasteiger partial charge is 0.264 e. The minimum Gasteiger partial charge on any atom is -0.352 e. The van der Waals surface area contributed by atoms with E-state index in [-0.39, 0.29) is 29.8 Å². The Balaban J connectivity index is 1.56. The molecule has 0 heterocycles. The van der Waals surface area contributed by atoms with Crippen molar-refractivity contribution in [3.05, 3.63) is 130 Å². The second kappa shape index (κ2) is 15.8. The largest absolute Gasteiger partial charge is 0.352 e. The second-order valence-corrected chi connectivity index (χ2v) is 14.7. The molecule has 1 aliphatic rings. The summed E-state index contributed by atoms with van der Waals surface area (Å²) in [6.45, 7) is -0.508. The topological polar surface area (TPSA) is 86.8 Å². The van der Waals surface area contributed by atoms with E-state index in [1.54, 1.807) is 54.6 Å². The van der Waals surface area contributed by atoms with E-state index >= 15 is 0 Å². The summed E-state index contributed by atoms with van der Waals surface area (Å²) in [6.07, 6.45) is 5.23. The van der Waals surface area contributed by atoms with Gasteiger partial charge in [-0.25, -0.2) is 8.42 Å². The second-order valence-electron chi connectivity index (χ2n) is 11.5. The highest BCUT2D eigenvalue weighted by atomic mass is 79.9. The van der Waals surface area contributed by atoms with Gasteiger partial charge >= 0.3 is 0 Å². The van der Waals surface area contributed by atoms with Crippen LogP contribution in [0.3, 0.4) is 0 Å². The van der Waals surface area contributed by atoms with E-state index in [2.05, 4.69) is 21.2 Å². The molecule has 2 amide bonds. The molecule has 1 atom stereocenters. The van der Waals surface area contributed by atoms with Crippen LogP contribution in [0, 0.1) is 0 Å². The number of nitrogens with one attached hydrogen (secondary N) is 1. The predicted molar refractivity (Wildman–Crippen MR) is 186 cm³/mol. The first-order chi connectivity index (χ1) is 22.2. The minimum absolute atomic E-state index is 0.0196. The van der Waals surface area contributed by atoms with E-state index in [0.29, 0.717) is 20.7 Å². The quantitative estimate of drug-likeness (QED) is 0.165. The number of benzene rings is 4. The van der Waals surface area contributed by atoms with Crippen molar-refractivity contribution in [3.63, 3.8) is 0 Å². The summed E-state index contributed by atoms with van der Waals surface area (Å²) in [5.74, 6) is -0.796. The molecule has 46 heavy (non-hydrogen) atoms. The molecule has 10 heteroatoms. The Morgan fingerprint density at radius 3 is 2.17 bits per heavy atom. The van der Waals surface area contributed by atoms with Gasteiger partial charge in [0, 0.05) is 28.5 Å². The molecule has 1 N–H and O–H groups in total. The number of hydrogen-bond acceptors (Lipinski definition) is 4. The van der Waals surface area contributed by atoms with E-state index in [4.69, 9.17) is 11.6 Å². The SMILES string of the molecule is O=C(NC1CCCCC1)C(Cc1ccccc1)N(Cc1ccccc1Cl)C(=O)CN(c1cccc(Br)c1)S(=O)(=O)c1ccccc1. The maximum Gasteiger partial charge on any atom is 0.264 e. The van der Waals surface area contributed by atoms with Gasteiger partial charge in [-0.2, -0.15) is 0 Å². The summed E-state index contributed by atoms with van der Waals surface area (Å²) in [5, 5.41) is 3.67. The molecular weight excluding hydrogens is 686 g/mol. The molecule has 1 aliphatic carbocycles. The van der Waals surface area contributed by atoms with Crippen molar-refractivity contribution >= 4 is 55.1 Å². The molecule has 1 unspecified atom stereocenters. The zero-order valence-corrected chi connectivity index (χ0v) is 28.6. The number of hydrogen-bond donors (Lipinski definition) is 1. The lowest BCUT2D eigenvalue weighted by Crippen LogP contribution is -2.55. The van der Waals surface area contributed by atoms with Crippen molar-refractivity contribution in [1.29, 1.82) is 0 Å². The maximum absolute atomic E-state index is 14.6. The van der Waals surface area contributed by atoms with Gasteiger partial charge in [0.25, 0.3) is 10.0 Å². The number of nitrogens with zero attached hydrogens (tertiary/aromatic N) is 2. The first-order valence-electron chi connectivity index (χ1n) is 15.4. The lowest BCUT2D eigenvalue weighted by atomic mass is 9.94. The van der Waals surface area contributed by atoms with E-state index in [9.17, 15) is 18.0 Å². The summed E-state index contributed by atoms with van der Waals surface area (Å²) < 4.78 is 30.0. The molecule has 0 saturated heterocycles. The number of carbonyl (C=O) groups is 2. The molecule has 7 nitrogen and oxygen atoms in total. The summed E-state index contributed by atoms with van der Waals surface area (Å²) in [5.41, 5.74) is 1.85. The summed E-state index contributed by atoms with van der Waals surface area (Å²) in [7, 11) is -4.17. The third-order valence-electron chi connectivity index (χ3n) is 8.23.